The smallest absolute Gasteiger partial charge is 0.273 e. The summed E-state index contributed by atoms with van der Waals surface area (Å²) < 4.78 is 5.34. The molecule has 1 atom stereocenters. The number of nitro benzene ring substituents is 1. The van der Waals surface area contributed by atoms with Crippen molar-refractivity contribution in [2.75, 3.05) is 26.2 Å². The highest BCUT2D eigenvalue weighted by atomic mass is 16.6. The van der Waals surface area contributed by atoms with Gasteiger partial charge in [0.05, 0.1) is 11.0 Å². The Morgan fingerprint density at radius 3 is 3.10 bits per heavy atom. The number of hydrogen-bond donors (Lipinski definition) is 1. The third kappa shape index (κ3) is 3.45. The number of rotatable bonds is 4. The lowest BCUT2D eigenvalue weighted by Gasteiger charge is -2.33. The zero-order valence-electron chi connectivity index (χ0n) is 11.2. The van der Waals surface area contributed by atoms with Gasteiger partial charge in [0.2, 0.25) is 0 Å². The van der Waals surface area contributed by atoms with Gasteiger partial charge in [-0.1, -0.05) is 6.07 Å². The third-order valence-corrected chi connectivity index (χ3v) is 3.21. The Morgan fingerprint density at radius 2 is 2.40 bits per heavy atom. The summed E-state index contributed by atoms with van der Waals surface area (Å²) in [5.41, 5.74) is -0.0505. The quantitative estimate of drug-likeness (QED) is 0.650. The van der Waals surface area contributed by atoms with E-state index in [1.807, 2.05) is 6.92 Å². The fraction of sp³-hybridized carbons (Fsp3) is 0.462. The lowest BCUT2D eigenvalue weighted by Crippen LogP contribution is -2.53. The summed E-state index contributed by atoms with van der Waals surface area (Å²) in [7, 11) is 0. The van der Waals surface area contributed by atoms with E-state index in [4.69, 9.17) is 4.74 Å². The fourth-order valence-electron chi connectivity index (χ4n) is 2.13. The van der Waals surface area contributed by atoms with Gasteiger partial charge in [-0.2, -0.15) is 0 Å². The molecule has 1 heterocycles. The number of nitrogens with zero attached hydrogens (tertiary/aromatic N) is 2. The molecule has 7 heteroatoms. The molecule has 0 radical (unpaired) electrons. The van der Waals surface area contributed by atoms with Crippen LogP contribution in [0, 0.1) is 10.1 Å². The van der Waals surface area contributed by atoms with Gasteiger partial charge in [0.25, 0.3) is 11.6 Å². The number of non-ortho nitro benzene ring substituents is 1. The SMILES string of the molecule is C[C@@H]1CNCCN1C(=O)COc1cccc([N+](=O)[O-])c1. The summed E-state index contributed by atoms with van der Waals surface area (Å²) in [4.78, 5) is 24.0. The number of piperazine rings is 1. The van der Waals surface area contributed by atoms with E-state index in [1.165, 1.54) is 18.2 Å². The number of benzene rings is 1. The van der Waals surface area contributed by atoms with Crippen LogP contribution in [-0.2, 0) is 4.79 Å². The van der Waals surface area contributed by atoms with Crippen LogP contribution in [-0.4, -0.2) is 48.0 Å². The maximum atomic E-state index is 12.0. The molecule has 1 aliphatic heterocycles. The molecule has 0 aromatic heterocycles. The van der Waals surface area contributed by atoms with Crippen molar-refractivity contribution >= 4 is 11.6 Å². The van der Waals surface area contributed by atoms with Crippen LogP contribution in [0.25, 0.3) is 0 Å². The molecule has 0 spiro atoms. The second-order valence-electron chi connectivity index (χ2n) is 4.68. The van der Waals surface area contributed by atoms with E-state index in [0.29, 0.717) is 12.3 Å². The normalized spacial score (nSPS) is 18.6. The van der Waals surface area contributed by atoms with Crippen LogP contribution in [0.3, 0.4) is 0 Å². The maximum absolute atomic E-state index is 12.0. The van der Waals surface area contributed by atoms with Crippen molar-refractivity contribution in [1.82, 2.24) is 10.2 Å². The van der Waals surface area contributed by atoms with Gasteiger partial charge in [0, 0.05) is 31.7 Å². The average molecular weight is 279 g/mol. The monoisotopic (exact) mass is 279 g/mol. The largest absolute Gasteiger partial charge is 0.484 e. The number of carbonyl (C=O) groups is 1. The molecule has 0 unspecified atom stereocenters. The van der Waals surface area contributed by atoms with Crippen LogP contribution in [0.15, 0.2) is 24.3 Å². The first kappa shape index (κ1) is 14.3. The van der Waals surface area contributed by atoms with Crippen LogP contribution >= 0.6 is 0 Å². The highest BCUT2D eigenvalue weighted by molar-refractivity contribution is 5.78. The summed E-state index contributed by atoms with van der Waals surface area (Å²) in [6.45, 7) is 4.05. The number of amides is 1. The summed E-state index contributed by atoms with van der Waals surface area (Å²) in [5.74, 6) is 0.223. The van der Waals surface area contributed by atoms with E-state index in [-0.39, 0.29) is 24.2 Å². The van der Waals surface area contributed by atoms with E-state index >= 15 is 0 Å². The van der Waals surface area contributed by atoms with Crippen molar-refractivity contribution in [3.05, 3.63) is 34.4 Å². The van der Waals surface area contributed by atoms with E-state index < -0.39 is 4.92 Å². The first-order valence-corrected chi connectivity index (χ1v) is 6.45. The molecule has 1 saturated heterocycles. The second kappa shape index (κ2) is 6.33. The van der Waals surface area contributed by atoms with Gasteiger partial charge in [-0.05, 0) is 13.0 Å². The Labute approximate surface area is 116 Å². The Balaban J connectivity index is 1.92. The van der Waals surface area contributed by atoms with Gasteiger partial charge in [-0.25, -0.2) is 0 Å². The number of nitro groups is 1. The van der Waals surface area contributed by atoms with Crippen LogP contribution in [0.4, 0.5) is 5.69 Å². The van der Waals surface area contributed by atoms with Gasteiger partial charge in [-0.3, -0.25) is 14.9 Å². The molecule has 1 aliphatic rings. The minimum absolute atomic E-state index is 0.0505. The molecule has 0 aliphatic carbocycles. The zero-order valence-corrected chi connectivity index (χ0v) is 11.2. The molecule has 1 aromatic rings. The molecule has 20 heavy (non-hydrogen) atoms. The molecule has 2 rings (SSSR count). The lowest BCUT2D eigenvalue weighted by molar-refractivity contribution is -0.384. The molecule has 7 nitrogen and oxygen atoms in total. The van der Waals surface area contributed by atoms with Crippen molar-refractivity contribution < 1.29 is 14.5 Å². The standard InChI is InChI=1S/C13H17N3O4/c1-10-8-14-5-6-15(10)13(17)9-20-12-4-2-3-11(7-12)16(18)19/h2-4,7,10,14H,5-6,8-9H2,1H3/t10-/m1/s1. The number of carbonyl (C=O) groups excluding carboxylic acids is 1. The first-order valence-electron chi connectivity index (χ1n) is 6.45. The molecule has 1 fully saturated rings. The maximum Gasteiger partial charge on any atom is 0.273 e. The summed E-state index contributed by atoms with van der Waals surface area (Å²) in [6, 6.07) is 5.96. The predicted octanol–water partition coefficient (Wildman–Crippen LogP) is 0.794. The van der Waals surface area contributed by atoms with Crippen molar-refractivity contribution in [3.63, 3.8) is 0 Å². The zero-order chi connectivity index (χ0) is 14.5. The van der Waals surface area contributed by atoms with Crippen LogP contribution in [0.1, 0.15) is 6.92 Å². The fourth-order valence-corrected chi connectivity index (χ4v) is 2.13. The van der Waals surface area contributed by atoms with Crippen LogP contribution < -0.4 is 10.1 Å². The van der Waals surface area contributed by atoms with Crippen molar-refractivity contribution in [2.45, 2.75) is 13.0 Å². The molecule has 1 N–H and O–H groups in total. The summed E-state index contributed by atoms with van der Waals surface area (Å²) >= 11 is 0. The van der Waals surface area contributed by atoms with Gasteiger partial charge in [0.15, 0.2) is 6.61 Å². The van der Waals surface area contributed by atoms with Crippen molar-refractivity contribution in [2.24, 2.45) is 0 Å². The average Bonchev–Trinajstić information content (AvgIpc) is 2.45. The highest BCUT2D eigenvalue weighted by Crippen LogP contribution is 2.19. The van der Waals surface area contributed by atoms with Crippen molar-refractivity contribution in [1.29, 1.82) is 0 Å². The highest BCUT2D eigenvalue weighted by Gasteiger charge is 2.23. The number of hydrogen-bond acceptors (Lipinski definition) is 5. The molecule has 0 bridgehead atoms. The molecule has 0 saturated carbocycles. The first-order chi connectivity index (χ1) is 9.58. The molecular weight excluding hydrogens is 262 g/mol. The second-order valence-corrected chi connectivity index (χ2v) is 4.68. The Kier molecular flexibility index (Phi) is 4.52. The summed E-state index contributed by atoms with van der Waals surface area (Å²) in [5, 5.41) is 13.9. The Bertz CT molecular complexity index is 506. The summed E-state index contributed by atoms with van der Waals surface area (Å²) in [6.07, 6.45) is 0. The predicted molar refractivity (Wildman–Crippen MR) is 72.6 cm³/mol. The minimum Gasteiger partial charge on any atom is -0.484 e. The van der Waals surface area contributed by atoms with E-state index in [1.54, 1.807) is 11.0 Å². The minimum atomic E-state index is -0.493. The Morgan fingerprint density at radius 1 is 1.60 bits per heavy atom. The van der Waals surface area contributed by atoms with Crippen molar-refractivity contribution in [3.8, 4) is 5.75 Å². The molecule has 1 amide bonds. The van der Waals surface area contributed by atoms with Crippen LogP contribution in [0.2, 0.25) is 0 Å². The van der Waals surface area contributed by atoms with E-state index in [9.17, 15) is 14.9 Å². The van der Waals surface area contributed by atoms with Gasteiger partial charge in [0.1, 0.15) is 5.75 Å². The van der Waals surface area contributed by atoms with Crippen LogP contribution in [0.5, 0.6) is 5.75 Å². The number of nitrogens with one attached hydrogen (secondary N) is 1. The number of ether oxygens (including phenoxy) is 1. The topological polar surface area (TPSA) is 84.7 Å². The van der Waals surface area contributed by atoms with E-state index in [2.05, 4.69) is 5.32 Å². The molecule has 1 aromatic carbocycles. The van der Waals surface area contributed by atoms with Gasteiger partial charge in [-0.15, -0.1) is 0 Å². The Hall–Kier alpha value is -2.15. The van der Waals surface area contributed by atoms with Gasteiger partial charge < -0.3 is 15.0 Å². The van der Waals surface area contributed by atoms with Gasteiger partial charge >= 0.3 is 0 Å². The third-order valence-electron chi connectivity index (χ3n) is 3.21. The molecule has 108 valence electrons. The van der Waals surface area contributed by atoms with E-state index in [0.717, 1.165) is 13.1 Å². The lowest BCUT2D eigenvalue weighted by atomic mass is 10.2. The molecular formula is C13H17N3O4.